The van der Waals surface area contributed by atoms with Crippen LogP contribution in [0.25, 0.3) is 0 Å². The molecule has 106 valence electrons. The molecule has 1 heterocycles. The van der Waals surface area contributed by atoms with E-state index >= 15 is 0 Å². The van der Waals surface area contributed by atoms with Crippen LogP contribution >= 0.6 is 0 Å². The van der Waals surface area contributed by atoms with Crippen LogP contribution in [0.1, 0.15) is 18.4 Å². The van der Waals surface area contributed by atoms with E-state index < -0.39 is 9.84 Å². The molecule has 5 nitrogen and oxygen atoms in total. The molecule has 1 atom stereocenters. The minimum absolute atomic E-state index is 0.0204. The lowest BCUT2D eigenvalue weighted by Gasteiger charge is -2.27. The van der Waals surface area contributed by atoms with E-state index in [1.807, 2.05) is 19.1 Å². The molecule has 2 rings (SSSR count). The number of hydrogen-bond acceptors (Lipinski definition) is 5. The molecular formula is C13H18O5S. The number of benzene rings is 1. The maximum atomic E-state index is 11.1. The van der Waals surface area contributed by atoms with Crippen LogP contribution in [0.15, 0.2) is 18.2 Å². The van der Waals surface area contributed by atoms with Crippen molar-refractivity contribution in [3.63, 3.8) is 0 Å². The van der Waals surface area contributed by atoms with Crippen molar-refractivity contribution in [1.82, 2.24) is 0 Å². The minimum atomic E-state index is -2.89. The van der Waals surface area contributed by atoms with Crippen molar-refractivity contribution < 1.29 is 23.0 Å². The Bertz CT molecular complexity index is 540. The van der Waals surface area contributed by atoms with Gasteiger partial charge in [0, 0.05) is 12.5 Å². The zero-order valence-electron chi connectivity index (χ0n) is 11.0. The first-order valence-corrected chi connectivity index (χ1v) is 7.93. The molecule has 0 aromatic heterocycles. The van der Waals surface area contributed by atoms with Crippen molar-refractivity contribution in [1.29, 1.82) is 0 Å². The van der Waals surface area contributed by atoms with Gasteiger partial charge in [-0.1, -0.05) is 13.0 Å². The van der Waals surface area contributed by atoms with Crippen LogP contribution in [-0.4, -0.2) is 44.9 Å². The topological polar surface area (TPSA) is 72.8 Å². The number of ether oxygens (including phenoxy) is 2. The molecule has 19 heavy (non-hydrogen) atoms. The van der Waals surface area contributed by atoms with Crippen LogP contribution in [0.4, 0.5) is 0 Å². The highest BCUT2D eigenvalue weighted by Crippen LogP contribution is 2.32. The number of aliphatic hydroxyl groups is 1. The lowest BCUT2D eigenvalue weighted by Crippen LogP contribution is -2.45. The highest BCUT2D eigenvalue weighted by Gasteiger charge is 2.35. The van der Waals surface area contributed by atoms with E-state index in [0.29, 0.717) is 11.5 Å². The molecular weight excluding hydrogens is 268 g/mol. The summed E-state index contributed by atoms with van der Waals surface area (Å²) in [5, 5.41) is 9.13. The third kappa shape index (κ3) is 3.19. The summed E-state index contributed by atoms with van der Waals surface area (Å²) in [5.74, 6) is 1.24. The van der Waals surface area contributed by atoms with Gasteiger partial charge < -0.3 is 14.6 Å². The molecule has 1 aromatic rings. The van der Waals surface area contributed by atoms with E-state index in [1.54, 1.807) is 6.07 Å². The first-order valence-electron chi connectivity index (χ1n) is 6.11. The average Bonchev–Trinajstić information content (AvgIpc) is 2.36. The second kappa shape index (κ2) is 5.38. The van der Waals surface area contributed by atoms with Crippen molar-refractivity contribution >= 4 is 9.84 Å². The summed E-state index contributed by atoms with van der Waals surface area (Å²) < 4.78 is 33.0. The van der Waals surface area contributed by atoms with Crippen LogP contribution in [0.3, 0.4) is 0 Å². The fraction of sp³-hybridized carbons (Fsp3) is 0.538. The summed E-state index contributed by atoms with van der Waals surface area (Å²) in [6.07, 6.45) is -0.292. The van der Waals surface area contributed by atoms with Crippen molar-refractivity contribution in [3.8, 4) is 11.5 Å². The molecule has 0 amide bonds. The first kappa shape index (κ1) is 14.1. The summed E-state index contributed by atoms with van der Waals surface area (Å²) >= 11 is 0. The second-order valence-electron chi connectivity index (χ2n) is 4.81. The third-order valence-electron chi connectivity index (χ3n) is 3.20. The van der Waals surface area contributed by atoms with Crippen LogP contribution < -0.4 is 9.47 Å². The molecule has 0 bridgehead atoms. The van der Waals surface area contributed by atoms with Crippen LogP contribution in [0, 0.1) is 0 Å². The molecule has 1 unspecified atom stereocenters. The van der Waals surface area contributed by atoms with Gasteiger partial charge in [-0.05, 0) is 17.7 Å². The zero-order valence-corrected chi connectivity index (χ0v) is 11.8. The lowest BCUT2D eigenvalue weighted by atomic mass is 10.0. The van der Waals surface area contributed by atoms with Crippen molar-refractivity contribution in [3.05, 3.63) is 23.8 Å². The highest BCUT2D eigenvalue weighted by atomic mass is 32.2. The van der Waals surface area contributed by atoms with Gasteiger partial charge in [-0.15, -0.1) is 0 Å². The maximum Gasteiger partial charge on any atom is 0.161 e. The number of sulfone groups is 1. The lowest BCUT2D eigenvalue weighted by molar-refractivity contribution is 0.219. The molecule has 0 aliphatic carbocycles. The Hall–Kier alpha value is -1.27. The summed E-state index contributed by atoms with van der Waals surface area (Å²) in [7, 11) is -1.36. The summed E-state index contributed by atoms with van der Waals surface area (Å²) in [6.45, 7) is 1.97. The Morgan fingerprint density at radius 3 is 2.58 bits per heavy atom. The molecule has 6 heteroatoms. The number of aliphatic hydroxyl groups excluding tert-OH is 1. The fourth-order valence-corrected chi connectivity index (χ4v) is 3.13. The molecule has 1 saturated heterocycles. The van der Waals surface area contributed by atoms with Crippen LogP contribution in [0.2, 0.25) is 0 Å². The van der Waals surface area contributed by atoms with Crippen molar-refractivity contribution in [2.24, 2.45) is 0 Å². The Labute approximate surface area is 113 Å². The van der Waals surface area contributed by atoms with E-state index in [1.165, 1.54) is 7.11 Å². The van der Waals surface area contributed by atoms with Crippen molar-refractivity contribution in [2.75, 3.05) is 25.2 Å². The Balaban J connectivity index is 2.13. The van der Waals surface area contributed by atoms with Crippen molar-refractivity contribution in [2.45, 2.75) is 18.9 Å². The third-order valence-corrected chi connectivity index (χ3v) is 4.96. The quantitative estimate of drug-likeness (QED) is 0.873. The Kier molecular flexibility index (Phi) is 4.01. The summed E-state index contributed by atoms with van der Waals surface area (Å²) in [6, 6.07) is 5.42. The normalized spacial score (nSPS) is 19.5. The molecule has 0 saturated carbocycles. The fourth-order valence-electron chi connectivity index (χ4n) is 1.96. The standard InChI is InChI=1S/C13H18O5S/c1-9(6-14)10-3-4-12(13(5-10)17-2)18-11-7-19(15,16)8-11/h3-5,9,11,14H,6-8H2,1-2H3. The maximum absolute atomic E-state index is 11.1. The molecule has 1 aromatic carbocycles. The van der Waals surface area contributed by atoms with Gasteiger partial charge in [0.1, 0.15) is 6.10 Å². The number of hydrogen-bond donors (Lipinski definition) is 1. The van der Waals surface area contributed by atoms with Gasteiger partial charge in [-0.25, -0.2) is 8.42 Å². The number of methoxy groups -OCH3 is 1. The number of rotatable bonds is 5. The summed E-state index contributed by atoms with van der Waals surface area (Å²) in [4.78, 5) is 0. The van der Waals surface area contributed by atoms with Gasteiger partial charge in [0.25, 0.3) is 0 Å². The average molecular weight is 286 g/mol. The molecule has 1 aliphatic heterocycles. The largest absolute Gasteiger partial charge is 0.493 e. The van der Waals surface area contributed by atoms with Crippen LogP contribution in [0.5, 0.6) is 11.5 Å². The van der Waals surface area contributed by atoms with E-state index in [2.05, 4.69) is 0 Å². The van der Waals surface area contributed by atoms with Gasteiger partial charge >= 0.3 is 0 Å². The first-order chi connectivity index (χ1) is 8.95. The Morgan fingerprint density at radius 1 is 1.37 bits per heavy atom. The van der Waals surface area contributed by atoms with E-state index in [-0.39, 0.29) is 30.1 Å². The molecule has 1 aliphatic rings. The van der Waals surface area contributed by atoms with Gasteiger partial charge in [-0.2, -0.15) is 0 Å². The second-order valence-corrected chi connectivity index (χ2v) is 6.96. The smallest absolute Gasteiger partial charge is 0.161 e. The van der Waals surface area contributed by atoms with E-state index in [9.17, 15) is 8.42 Å². The Morgan fingerprint density at radius 2 is 2.05 bits per heavy atom. The predicted octanol–water partition coefficient (Wildman–Crippen LogP) is 0.967. The molecule has 1 fully saturated rings. The van der Waals surface area contributed by atoms with Gasteiger partial charge in [0.2, 0.25) is 0 Å². The zero-order chi connectivity index (χ0) is 14.0. The highest BCUT2D eigenvalue weighted by molar-refractivity contribution is 7.92. The van der Waals surface area contributed by atoms with Gasteiger partial charge in [0.15, 0.2) is 21.3 Å². The molecule has 0 spiro atoms. The monoisotopic (exact) mass is 286 g/mol. The van der Waals surface area contributed by atoms with Gasteiger partial charge in [0.05, 0.1) is 18.6 Å². The van der Waals surface area contributed by atoms with E-state index in [0.717, 1.165) is 5.56 Å². The van der Waals surface area contributed by atoms with Gasteiger partial charge in [-0.3, -0.25) is 0 Å². The minimum Gasteiger partial charge on any atom is -0.493 e. The van der Waals surface area contributed by atoms with Crippen LogP contribution in [-0.2, 0) is 9.84 Å². The summed E-state index contributed by atoms with van der Waals surface area (Å²) in [5.41, 5.74) is 0.952. The molecule has 1 N–H and O–H groups in total. The SMILES string of the molecule is COc1cc(C(C)CO)ccc1OC1CS(=O)(=O)C1. The molecule has 0 radical (unpaired) electrons. The van der Waals surface area contributed by atoms with E-state index in [4.69, 9.17) is 14.6 Å². The predicted molar refractivity (Wildman–Crippen MR) is 71.6 cm³/mol.